The Morgan fingerprint density at radius 2 is 0.841 bits per heavy atom. The molecule has 0 bridgehead atoms. The van der Waals surface area contributed by atoms with Crippen LogP contribution in [0.3, 0.4) is 0 Å². The van der Waals surface area contributed by atoms with Gasteiger partial charge in [0.2, 0.25) is 0 Å². The van der Waals surface area contributed by atoms with Gasteiger partial charge in [-0.05, 0) is 88.5 Å². The van der Waals surface area contributed by atoms with Crippen LogP contribution >= 0.6 is 0 Å². The van der Waals surface area contributed by atoms with Crippen LogP contribution in [0, 0.1) is 0 Å². The molecular formula is C63H38N4O2. The van der Waals surface area contributed by atoms with Crippen molar-refractivity contribution in [2.45, 2.75) is 0 Å². The van der Waals surface area contributed by atoms with Gasteiger partial charge in [-0.25, -0.2) is 15.0 Å². The van der Waals surface area contributed by atoms with E-state index in [0.29, 0.717) is 17.5 Å². The SMILES string of the molecule is c1ccc(-c2ccc3c(c2)c2ccccc2n3-c2cc(-c3ccc4oc5cccc(-c6cccc(-c7nc(-c8ccccc8)nc(-c8ccccc8)n7)c6)c5c4c3)c3oc4ccccc4c3c2)cc1. The van der Waals surface area contributed by atoms with Crippen LogP contribution in [0.25, 0.3) is 139 Å². The van der Waals surface area contributed by atoms with E-state index in [-0.39, 0.29) is 0 Å². The fraction of sp³-hybridized carbons (Fsp3) is 0. The van der Waals surface area contributed by atoms with Crippen molar-refractivity contribution in [1.82, 2.24) is 19.5 Å². The summed E-state index contributed by atoms with van der Waals surface area (Å²) >= 11 is 0. The molecule has 0 saturated heterocycles. The van der Waals surface area contributed by atoms with Gasteiger partial charge in [-0.15, -0.1) is 0 Å². The first-order chi connectivity index (χ1) is 34.2. The summed E-state index contributed by atoms with van der Waals surface area (Å²) in [4.78, 5) is 15.0. The van der Waals surface area contributed by atoms with Crippen LogP contribution in [0.15, 0.2) is 239 Å². The maximum Gasteiger partial charge on any atom is 0.164 e. The van der Waals surface area contributed by atoms with Gasteiger partial charge in [-0.2, -0.15) is 0 Å². The van der Waals surface area contributed by atoms with Crippen LogP contribution in [0.1, 0.15) is 0 Å². The van der Waals surface area contributed by atoms with Gasteiger partial charge in [-0.1, -0.05) is 170 Å². The van der Waals surface area contributed by atoms with Crippen molar-refractivity contribution in [2.75, 3.05) is 0 Å². The van der Waals surface area contributed by atoms with Gasteiger partial charge in [0, 0.05) is 60.3 Å². The predicted molar refractivity (Wildman–Crippen MR) is 281 cm³/mol. The van der Waals surface area contributed by atoms with Crippen molar-refractivity contribution >= 4 is 65.7 Å². The van der Waals surface area contributed by atoms with E-state index in [2.05, 4.69) is 168 Å². The van der Waals surface area contributed by atoms with Crippen molar-refractivity contribution in [1.29, 1.82) is 0 Å². The van der Waals surface area contributed by atoms with E-state index in [1.807, 2.05) is 66.7 Å². The molecule has 0 amide bonds. The molecule has 0 saturated carbocycles. The highest BCUT2D eigenvalue weighted by atomic mass is 16.3. The predicted octanol–water partition coefficient (Wildman–Crippen LogP) is 16.8. The van der Waals surface area contributed by atoms with Gasteiger partial charge in [-0.3, -0.25) is 0 Å². The zero-order valence-corrected chi connectivity index (χ0v) is 37.0. The lowest BCUT2D eigenvalue weighted by Gasteiger charge is -2.12. The first kappa shape index (κ1) is 38.8. The van der Waals surface area contributed by atoms with Gasteiger partial charge in [0.1, 0.15) is 22.3 Å². The number of fused-ring (bicyclic) bond motifs is 9. The van der Waals surface area contributed by atoms with Gasteiger partial charge >= 0.3 is 0 Å². The third-order valence-electron chi connectivity index (χ3n) is 13.4. The van der Waals surface area contributed by atoms with E-state index in [0.717, 1.165) is 99.5 Å². The maximum atomic E-state index is 6.80. The molecule has 4 aromatic heterocycles. The molecule has 322 valence electrons. The average Bonchev–Trinajstić information content (AvgIpc) is 4.10. The Hall–Kier alpha value is -9.39. The van der Waals surface area contributed by atoms with Crippen molar-refractivity contribution < 1.29 is 8.83 Å². The number of rotatable bonds is 7. The second kappa shape index (κ2) is 15.6. The summed E-state index contributed by atoms with van der Waals surface area (Å²) in [5.74, 6) is 1.85. The second-order valence-electron chi connectivity index (χ2n) is 17.5. The van der Waals surface area contributed by atoms with E-state index in [1.165, 1.54) is 21.9 Å². The number of nitrogens with zero attached hydrogens (tertiary/aromatic N) is 4. The zero-order valence-electron chi connectivity index (χ0n) is 37.0. The molecule has 69 heavy (non-hydrogen) atoms. The second-order valence-corrected chi connectivity index (χ2v) is 17.5. The van der Waals surface area contributed by atoms with E-state index < -0.39 is 0 Å². The van der Waals surface area contributed by atoms with Crippen molar-refractivity contribution in [3.63, 3.8) is 0 Å². The minimum absolute atomic E-state index is 0.602. The maximum absolute atomic E-state index is 6.80. The third-order valence-corrected chi connectivity index (χ3v) is 13.4. The molecule has 6 nitrogen and oxygen atoms in total. The molecule has 0 aliphatic rings. The zero-order chi connectivity index (χ0) is 45.4. The topological polar surface area (TPSA) is 69.9 Å². The molecule has 6 heteroatoms. The van der Waals surface area contributed by atoms with Gasteiger partial charge in [0.05, 0.1) is 11.0 Å². The molecule has 0 fully saturated rings. The van der Waals surface area contributed by atoms with Crippen LogP contribution in [0.2, 0.25) is 0 Å². The molecule has 0 aliphatic carbocycles. The Balaban J connectivity index is 0.945. The van der Waals surface area contributed by atoms with Crippen LogP contribution < -0.4 is 0 Å². The summed E-state index contributed by atoms with van der Waals surface area (Å²) in [6.07, 6.45) is 0. The molecule has 0 aliphatic heterocycles. The summed E-state index contributed by atoms with van der Waals surface area (Å²) in [5, 5.41) is 6.59. The van der Waals surface area contributed by atoms with E-state index in [4.69, 9.17) is 23.8 Å². The molecule has 0 spiro atoms. The van der Waals surface area contributed by atoms with E-state index >= 15 is 0 Å². The monoisotopic (exact) mass is 882 g/mol. The summed E-state index contributed by atoms with van der Waals surface area (Å²) in [7, 11) is 0. The standard InChI is InChI=1S/C63H38N4O2/c1-4-16-39(17-5-1)42-30-32-55-51(35-42)48-24-10-12-27-54(48)67(55)46-37-50(60-52(38-46)49-25-11-13-28-56(49)69-60)44-31-33-57-53(36-44)59-47(26-15-29-58(59)68-57)43-22-14-23-45(34-43)63-65-61(40-18-6-2-7-19-40)64-62(66-63)41-20-8-3-9-21-41/h1-38H. The normalized spacial score (nSPS) is 11.8. The van der Waals surface area contributed by atoms with Crippen molar-refractivity contribution in [3.8, 4) is 73.2 Å². The lowest BCUT2D eigenvalue weighted by molar-refractivity contribution is 0.668. The molecular weight excluding hydrogens is 845 g/mol. The van der Waals surface area contributed by atoms with Crippen LogP contribution in [0.4, 0.5) is 0 Å². The van der Waals surface area contributed by atoms with Gasteiger partial charge in [0.25, 0.3) is 0 Å². The average molecular weight is 883 g/mol. The summed E-state index contributed by atoms with van der Waals surface area (Å²) in [5.41, 5.74) is 15.9. The van der Waals surface area contributed by atoms with Crippen LogP contribution in [-0.2, 0) is 0 Å². The van der Waals surface area contributed by atoms with Crippen molar-refractivity contribution in [2.24, 2.45) is 0 Å². The Bertz CT molecular complexity index is 4250. The summed E-state index contributed by atoms with van der Waals surface area (Å²) < 4.78 is 15.9. The quantitative estimate of drug-likeness (QED) is 0.159. The van der Waals surface area contributed by atoms with Gasteiger partial charge in [0.15, 0.2) is 17.5 Å². The van der Waals surface area contributed by atoms with E-state index in [9.17, 15) is 0 Å². The Kier molecular flexibility index (Phi) is 8.79. The lowest BCUT2D eigenvalue weighted by atomic mass is 9.95. The molecule has 0 unspecified atom stereocenters. The summed E-state index contributed by atoms with van der Waals surface area (Å²) in [6.45, 7) is 0. The number of hydrogen-bond donors (Lipinski definition) is 0. The van der Waals surface area contributed by atoms with Crippen LogP contribution in [0.5, 0.6) is 0 Å². The minimum Gasteiger partial charge on any atom is -0.456 e. The molecule has 0 N–H and O–H groups in total. The highest BCUT2D eigenvalue weighted by Crippen LogP contribution is 2.44. The lowest BCUT2D eigenvalue weighted by Crippen LogP contribution is -2.00. The third kappa shape index (κ3) is 6.45. The fourth-order valence-electron chi connectivity index (χ4n) is 10.2. The largest absolute Gasteiger partial charge is 0.456 e. The van der Waals surface area contributed by atoms with Crippen molar-refractivity contribution in [3.05, 3.63) is 231 Å². The molecule has 14 aromatic rings. The Morgan fingerprint density at radius 3 is 1.61 bits per heavy atom. The number of para-hydroxylation sites is 2. The Labute approximate surface area is 396 Å². The number of aromatic nitrogens is 4. The number of furan rings is 2. The Morgan fingerprint density at radius 1 is 0.290 bits per heavy atom. The highest BCUT2D eigenvalue weighted by Gasteiger charge is 2.21. The molecule has 4 heterocycles. The minimum atomic E-state index is 0.602. The number of benzene rings is 10. The fourth-order valence-corrected chi connectivity index (χ4v) is 10.2. The molecule has 10 aromatic carbocycles. The first-order valence-electron chi connectivity index (χ1n) is 23.2. The summed E-state index contributed by atoms with van der Waals surface area (Å²) in [6, 6.07) is 80.5. The smallest absolute Gasteiger partial charge is 0.164 e. The first-order valence-corrected chi connectivity index (χ1v) is 23.2. The van der Waals surface area contributed by atoms with Crippen LogP contribution in [-0.4, -0.2) is 19.5 Å². The van der Waals surface area contributed by atoms with Gasteiger partial charge < -0.3 is 13.4 Å². The van der Waals surface area contributed by atoms with E-state index in [1.54, 1.807) is 0 Å². The molecule has 0 atom stereocenters. The number of hydrogen-bond acceptors (Lipinski definition) is 5. The highest BCUT2D eigenvalue weighted by molar-refractivity contribution is 6.16. The molecule has 14 rings (SSSR count). The molecule has 0 radical (unpaired) electrons.